The summed E-state index contributed by atoms with van der Waals surface area (Å²) in [6.07, 6.45) is 0. The molecule has 0 spiro atoms. The van der Waals surface area contributed by atoms with Gasteiger partial charge in [-0.1, -0.05) is 18.1 Å². The van der Waals surface area contributed by atoms with E-state index in [9.17, 15) is 4.79 Å². The van der Waals surface area contributed by atoms with E-state index >= 15 is 0 Å². The Balaban J connectivity index is 3.02. The molecule has 1 aromatic rings. The van der Waals surface area contributed by atoms with Gasteiger partial charge >= 0.3 is 5.97 Å². The van der Waals surface area contributed by atoms with Crippen molar-refractivity contribution in [3.63, 3.8) is 0 Å². The molecule has 0 amide bonds. The summed E-state index contributed by atoms with van der Waals surface area (Å²) >= 11 is 0. The van der Waals surface area contributed by atoms with Crippen molar-refractivity contribution in [3.05, 3.63) is 29.8 Å². The molecule has 0 saturated heterocycles. The van der Waals surface area contributed by atoms with Crippen molar-refractivity contribution in [1.82, 2.24) is 0 Å². The molecule has 0 fully saturated rings. The SMILES string of the molecule is CC#C[C@@H](C(=O)OC)c1ccc(O)cc1. The molecule has 0 saturated carbocycles. The molecule has 0 aliphatic heterocycles. The van der Waals surface area contributed by atoms with E-state index in [0.717, 1.165) is 0 Å². The van der Waals surface area contributed by atoms with E-state index in [2.05, 4.69) is 16.6 Å². The van der Waals surface area contributed by atoms with Crippen LogP contribution in [0.4, 0.5) is 0 Å². The number of ether oxygens (including phenoxy) is 1. The Labute approximate surface area is 88.7 Å². The van der Waals surface area contributed by atoms with Crippen LogP contribution >= 0.6 is 0 Å². The van der Waals surface area contributed by atoms with Gasteiger partial charge in [0, 0.05) is 0 Å². The molecule has 0 aromatic heterocycles. The second-order valence-electron chi connectivity index (χ2n) is 2.94. The zero-order valence-corrected chi connectivity index (χ0v) is 8.65. The van der Waals surface area contributed by atoms with E-state index in [1.807, 2.05) is 0 Å². The zero-order chi connectivity index (χ0) is 11.3. The first-order valence-electron chi connectivity index (χ1n) is 4.48. The summed E-state index contributed by atoms with van der Waals surface area (Å²) in [5.74, 6) is 4.63. The summed E-state index contributed by atoms with van der Waals surface area (Å²) in [4.78, 5) is 11.4. The second-order valence-corrected chi connectivity index (χ2v) is 2.94. The average molecular weight is 204 g/mol. The third kappa shape index (κ3) is 2.75. The van der Waals surface area contributed by atoms with Crippen LogP contribution in [0.25, 0.3) is 0 Å². The van der Waals surface area contributed by atoms with E-state index in [4.69, 9.17) is 5.11 Å². The first-order chi connectivity index (χ1) is 7.19. The fourth-order valence-corrected chi connectivity index (χ4v) is 1.21. The molecule has 15 heavy (non-hydrogen) atoms. The number of methoxy groups -OCH3 is 1. The van der Waals surface area contributed by atoms with Crippen LogP contribution in [-0.2, 0) is 9.53 Å². The normalized spacial score (nSPS) is 11.1. The highest BCUT2D eigenvalue weighted by molar-refractivity contribution is 5.81. The van der Waals surface area contributed by atoms with Crippen LogP contribution in [0.2, 0.25) is 0 Å². The molecule has 0 bridgehead atoms. The van der Waals surface area contributed by atoms with Gasteiger partial charge in [-0.3, -0.25) is 4.79 Å². The van der Waals surface area contributed by atoms with Gasteiger partial charge in [-0.2, -0.15) is 0 Å². The van der Waals surface area contributed by atoms with E-state index in [0.29, 0.717) is 5.56 Å². The second kappa shape index (κ2) is 5.06. The predicted molar refractivity (Wildman–Crippen MR) is 56.3 cm³/mol. The van der Waals surface area contributed by atoms with Crippen molar-refractivity contribution in [2.24, 2.45) is 0 Å². The summed E-state index contributed by atoms with van der Waals surface area (Å²) in [5.41, 5.74) is 0.717. The smallest absolute Gasteiger partial charge is 0.325 e. The summed E-state index contributed by atoms with van der Waals surface area (Å²) in [6, 6.07) is 6.34. The lowest BCUT2D eigenvalue weighted by atomic mass is 10.00. The van der Waals surface area contributed by atoms with Crippen molar-refractivity contribution >= 4 is 5.97 Å². The van der Waals surface area contributed by atoms with E-state index in [-0.39, 0.29) is 5.75 Å². The van der Waals surface area contributed by atoms with Gasteiger partial charge in [0.2, 0.25) is 0 Å². The molecule has 0 heterocycles. The minimum Gasteiger partial charge on any atom is -0.508 e. The number of carbonyl (C=O) groups excluding carboxylic acids is 1. The standard InChI is InChI=1S/C12H12O3/c1-3-4-11(12(14)15-2)9-5-7-10(13)8-6-9/h5-8,11,13H,1-2H3/t11-/m1/s1. The first-order valence-corrected chi connectivity index (χ1v) is 4.48. The highest BCUT2D eigenvalue weighted by Crippen LogP contribution is 2.19. The number of phenolic OH excluding ortho intramolecular Hbond substituents is 1. The lowest BCUT2D eigenvalue weighted by Crippen LogP contribution is -2.12. The first kappa shape index (κ1) is 11.1. The van der Waals surface area contributed by atoms with E-state index in [1.54, 1.807) is 19.1 Å². The summed E-state index contributed by atoms with van der Waals surface area (Å²) in [5, 5.41) is 9.11. The highest BCUT2D eigenvalue weighted by Gasteiger charge is 2.18. The van der Waals surface area contributed by atoms with Gasteiger partial charge in [-0.05, 0) is 24.6 Å². The van der Waals surface area contributed by atoms with Crippen molar-refractivity contribution in [3.8, 4) is 17.6 Å². The van der Waals surface area contributed by atoms with Gasteiger partial charge < -0.3 is 9.84 Å². The van der Waals surface area contributed by atoms with Crippen molar-refractivity contribution in [1.29, 1.82) is 0 Å². The quantitative estimate of drug-likeness (QED) is 0.588. The van der Waals surface area contributed by atoms with Crippen LogP contribution in [0.5, 0.6) is 5.75 Å². The lowest BCUT2D eigenvalue weighted by Gasteiger charge is -2.08. The van der Waals surface area contributed by atoms with Gasteiger partial charge in [0.25, 0.3) is 0 Å². The Hall–Kier alpha value is -1.95. The number of rotatable bonds is 2. The van der Waals surface area contributed by atoms with Crippen LogP contribution < -0.4 is 0 Å². The van der Waals surface area contributed by atoms with Crippen LogP contribution in [0.1, 0.15) is 18.4 Å². The predicted octanol–water partition coefficient (Wildman–Crippen LogP) is 1.67. The molecular formula is C12H12O3. The molecule has 0 aliphatic carbocycles. The maximum atomic E-state index is 11.4. The number of phenols is 1. The summed E-state index contributed by atoms with van der Waals surface area (Å²) < 4.78 is 4.65. The summed E-state index contributed by atoms with van der Waals surface area (Å²) in [7, 11) is 1.33. The average Bonchev–Trinajstić information content (AvgIpc) is 2.26. The molecule has 3 nitrogen and oxygen atoms in total. The minimum absolute atomic E-state index is 0.159. The Bertz CT molecular complexity index is 395. The Kier molecular flexibility index (Phi) is 3.75. The zero-order valence-electron chi connectivity index (χ0n) is 8.65. The maximum Gasteiger partial charge on any atom is 0.325 e. The van der Waals surface area contributed by atoms with Crippen molar-refractivity contribution < 1.29 is 14.6 Å². The number of esters is 1. The molecule has 0 unspecified atom stereocenters. The van der Waals surface area contributed by atoms with Gasteiger partial charge in [0.05, 0.1) is 7.11 Å². The topological polar surface area (TPSA) is 46.5 Å². The van der Waals surface area contributed by atoms with Crippen LogP contribution in [-0.4, -0.2) is 18.2 Å². The van der Waals surface area contributed by atoms with Crippen LogP contribution in [0.15, 0.2) is 24.3 Å². The van der Waals surface area contributed by atoms with Gasteiger partial charge in [0.1, 0.15) is 11.7 Å². The molecule has 1 atom stereocenters. The molecule has 3 heteroatoms. The molecule has 1 aromatic carbocycles. The fraction of sp³-hybridized carbons (Fsp3) is 0.250. The molecular weight excluding hydrogens is 192 g/mol. The van der Waals surface area contributed by atoms with E-state index < -0.39 is 11.9 Å². The minimum atomic E-state index is -0.583. The molecule has 1 rings (SSSR count). The van der Waals surface area contributed by atoms with Gasteiger partial charge in [0.15, 0.2) is 0 Å². The molecule has 1 N–H and O–H groups in total. The Morgan fingerprint density at radius 2 is 2.00 bits per heavy atom. The van der Waals surface area contributed by atoms with Crippen LogP contribution in [0.3, 0.4) is 0 Å². The number of hydrogen-bond donors (Lipinski definition) is 1. The van der Waals surface area contributed by atoms with Crippen molar-refractivity contribution in [2.75, 3.05) is 7.11 Å². The molecule has 0 radical (unpaired) electrons. The number of hydrogen-bond acceptors (Lipinski definition) is 3. The van der Waals surface area contributed by atoms with Gasteiger partial charge in [-0.25, -0.2) is 0 Å². The Morgan fingerprint density at radius 1 is 1.40 bits per heavy atom. The molecule has 0 aliphatic rings. The third-order valence-electron chi connectivity index (χ3n) is 1.95. The monoisotopic (exact) mass is 204 g/mol. The Morgan fingerprint density at radius 3 is 2.47 bits per heavy atom. The van der Waals surface area contributed by atoms with Gasteiger partial charge in [-0.15, -0.1) is 5.92 Å². The lowest BCUT2D eigenvalue weighted by molar-refractivity contribution is -0.140. The van der Waals surface area contributed by atoms with Crippen LogP contribution in [0, 0.1) is 11.8 Å². The number of aromatic hydroxyl groups is 1. The molecule has 78 valence electrons. The summed E-state index contributed by atoms with van der Waals surface area (Å²) in [6.45, 7) is 1.66. The highest BCUT2D eigenvalue weighted by atomic mass is 16.5. The third-order valence-corrected chi connectivity index (χ3v) is 1.95. The van der Waals surface area contributed by atoms with E-state index in [1.165, 1.54) is 19.2 Å². The van der Waals surface area contributed by atoms with Crippen molar-refractivity contribution in [2.45, 2.75) is 12.8 Å². The maximum absolute atomic E-state index is 11.4. The largest absolute Gasteiger partial charge is 0.508 e. The number of benzene rings is 1. The number of carbonyl (C=O) groups is 1. The fourth-order valence-electron chi connectivity index (χ4n) is 1.21.